The smallest absolute Gasteiger partial charge is 0.337 e. The zero-order valence-electron chi connectivity index (χ0n) is 19.9. The van der Waals surface area contributed by atoms with Crippen molar-refractivity contribution in [3.8, 4) is 11.5 Å². The van der Waals surface area contributed by atoms with Gasteiger partial charge in [-0.25, -0.2) is 9.79 Å². The van der Waals surface area contributed by atoms with Crippen molar-refractivity contribution >= 4 is 46.1 Å². The van der Waals surface area contributed by atoms with Crippen molar-refractivity contribution in [2.45, 2.75) is 18.2 Å². The molecule has 0 aromatic heterocycles. The molecule has 2 aliphatic rings. The van der Waals surface area contributed by atoms with Crippen molar-refractivity contribution < 1.29 is 28.6 Å². The number of carbonyl (C=O) groups is 3. The Kier molecular flexibility index (Phi) is 7.09. The molecular weight excluding hydrogens is 494 g/mol. The summed E-state index contributed by atoms with van der Waals surface area (Å²) < 4.78 is 15.5. The summed E-state index contributed by atoms with van der Waals surface area (Å²) in [5.41, 5.74) is 2.46. The highest BCUT2D eigenvalue weighted by Crippen LogP contribution is 2.36. The first kappa shape index (κ1) is 24.4. The number of benzene rings is 3. The summed E-state index contributed by atoms with van der Waals surface area (Å²) in [6.45, 7) is 0.446. The van der Waals surface area contributed by atoms with Crippen LogP contribution in [0.3, 0.4) is 0 Å². The van der Waals surface area contributed by atoms with Crippen LogP contribution in [0, 0.1) is 0 Å². The molecule has 1 saturated heterocycles. The molecule has 3 aromatic rings. The quantitative estimate of drug-likeness (QED) is 0.464. The molecule has 37 heavy (non-hydrogen) atoms. The SMILES string of the molecule is COC(=O)c1ccc(NC(=O)CC2SC(=Nc3ccccc3)N(Cc3ccc4c(c3)OCO4)C2=O)cc1. The lowest BCUT2D eigenvalue weighted by atomic mass is 10.1. The van der Waals surface area contributed by atoms with Crippen LogP contribution in [-0.2, 0) is 20.9 Å². The average Bonchev–Trinajstić information content (AvgIpc) is 3.49. The molecule has 0 saturated carbocycles. The Balaban J connectivity index is 1.32. The molecule has 5 rings (SSSR count). The highest BCUT2D eigenvalue weighted by atomic mass is 32.2. The monoisotopic (exact) mass is 517 g/mol. The number of nitrogens with zero attached hydrogens (tertiary/aromatic N) is 2. The molecule has 1 atom stereocenters. The summed E-state index contributed by atoms with van der Waals surface area (Å²) in [7, 11) is 1.31. The van der Waals surface area contributed by atoms with E-state index in [1.165, 1.54) is 18.9 Å². The zero-order valence-corrected chi connectivity index (χ0v) is 20.7. The second-order valence-electron chi connectivity index (χ2n) is 8.27. The average molecular weight is 518 g/mol. The highest BCUT2D eigenvalue weighted by molar-refractivity contribution is 8.15. The summed E-state index contributed by atoms with van der Waals surface area (Å²) >= 11 is 1.26. The fourth-order valence-corrected chi connectivity index (χ4v) is 5.05. The van der Waals surface area contributed by atoms with Crippen LogP contribution >= 0.6 is 11.8 Å². The number of hydrogen-bond acceptors (Lipinski definition) is 8. The molecule has 1 fully saturated rings. The van der Waals surface area contributed by atoms with Crippen LogP contribution in [0.2, 0.25) is 0 Å². The number of nitrogens with one attached hydrogen (secondary N) is 1. The van der Waals surface area contributed by atoms with Crippen LogP contribution in [-0.4, -0.2) is 47.0 Å². The normalized spacial score (nSPS) is 17.2. The zero-order chi connectivity index (χ0) is 25.8. The summed E-state index contributed by atoms with van der Waals surface area (Å²) in [5.74, 6) is 0.318. The largest absolute Gasteiger partial charge is 0.465 e. The van der Waals surface area contributed by atoms with Crippen molar-refractivity contribution in [1.82, 2.24) is 4.90 Å². The Morgan fingerprint density at radius 3 is 2.57 bits per heavy atom. The molecule has 9 nitrogen and oxygen atoms in total. The number of ether oxygens (including phenoxy) is 3. The third-order valence-corrected chi connectivity index (χ3v) is 6.91. The van der Waals surface area contributed by atoms with Gasteiger partial charge in [-0.2, -0.15) is 0 Å². The van der Waals surface area contributed by atoms with E-state index in [2.05, 4.69) is 15.0 Å². The fraction of sp³-hybridized carbons (Fsp3) is 0.185. The molecular formula is C27H23N3O6S. The molecule has 10 heteroatoms. The second-order valence-corrected chi connectivity index (χ2v) is 9.44. The van der Waals surface area contributed by atoms with Crippen molar-refractivity contribution in [3.05, 3.63) is 83.9 Å². The maximum atomic E-state index is 13.4. The van der Waals surface area contributed by atoms with E-state index >= 15 is 0 Å². The second kappa shape index (κ2) is 10.8. The van der Waals surface area contributed by atoms with Gasteiger partial charge in [-0.3, -0.25) is 14.5 Å². The van der Waals surface area contributed by atoms with Gasteiger partial charge in [0.2, 0.25) is 18.6 Å². The van der Waals surface area contributed by atoms with Crippen LogP contribution < -0.4 is 14.8 Å². The number of aliphatic imine (C=N–C) groups is 1. The first-order valence-electron chi connectivity index (χ1n) is 11.5. The Morgan fingerprint density at radius 1 is 1.05 bits per heavy atom. The highest BCUT2D eigenvalue weighted by Gasteiger charge is 2.39. The lowest BCUT2D eigenvalue weighted by Crippen LogP contribution is -2.33. The fourth-order valence-electron chi connectivity index (χ4n) is 3.89. The molecule has 0 aliphatic carbocycles. The van der Waals surface area contributed by atoms with Gasteiger partial charge in [-0.15, -0.1) is 0 Å². The van der Waals surface area contributed by atoms with E-state index in [9.17, 15) is 14.4 Å². The standard InChI is InChI=1S/C27H23N3O6S/c1-34-26(33)18-8-10-20(11-9-18)28-24(31)14-23-25(32)30(27(37-23)29-19-5-3-2-4-6-19)15-17-7-12-21-22(13-17)36-16-35-21/h2-13,23H,14-16H2,1H3,(H,28,31). The third-order valence-electron chi connectivity index (χ3n) is 5.74. The Hall–Kier alpha value is -4.31. The molecule has 3 aromatic carbocycles. The Labute approximate surface area is 217 Å². The maximum Gasteiger partial charge on any atom is 0.337 e. The van der Waals surface area contributed by atoms with E-state index < -0.39 is 11.2 Å². The lowest BCUT2D eigenvalue weighted by molar-refractivity contribution is -0.128. The van der Waals surface area contributed by atoms with Gasteiger partial charge in [0.05, 0.1) is 24.9 Å². The minimum atomic E-state index is -0.634. The van der Waals surface area contributed by atoms with Gasteiger partial charge >= 0.3 is 5.97 Å². The molecule has 1 N–H and O–H groups in total. The van der Waals surface area contributed by atoms with Gasteiger partial charge in [-0.1, -0.05) is 36.0 Å². The molecule has 0 radical (unpaired) electrons. The van der Waals surface area contributed by atoms with Crippen LogP contribution in [0.25, 0.3) is 0 Å². The summed E-state index contributed by atoms with van der Waals surface area (Å²) in [6, 6.07) is 21.2. The van der Waals surface area contributed by atoms with E-state index in [1.807, 2.05) is 48.5 Å². The van der Waals surface area contributed by atoms with E-state index in [-0.39, 0.29) is 31.6 Å². The van der Waals surface area contributed by atoms with Gasteiger partial charge < -0.3 is 19.5 Å². The number of hydrogen-bond donors (Lipinski definition) is 1. The van der Waals surface area contributed by atoms with Crippen LogP contribution in [0.5, 0.6) is 11.5 Å². The maximum absolute atomic E-state index is 13.4. The minimum Gasteiger partial charge on any atom is -0.465 e. The number of anilines is 1. The minimum absolute atomic E-state index is 0.0340. The summed E-state index contributed by atoms with van der Waals surface area (Å²) in [5, 5.41) is 2.67. The van der Waals surface area contributed by atoms with E-state index in [1.54, 1.807) is 29.2 Å². The molecule has 2 aliphatic heterocycles. The Morgan fingerprint density at radius 2 is 1.81 bits per heavy atom. The molecule has 2 heterocycles. The van der Waals surface area contributed by atoms with Gasteiger partial charge in [-0.05, 0) is 54.1 Å². The van der Waals surface area contributed by atoms with Crippen molar-refractivity contribution in [1.29, 1.82) is 0 Å². The Bertz CT molecular complexity index is 1360. The van der Waals surface area contributed by atoms with Crippen LogP contribution in [0.4, 0.5) is 11.4 Å². The number of esters is 1. The van der Waals surface area contributed by atoms with Gasteiger partial charge in [0.25, 0.3) is 0 Å². The number of para-hydroxylation sites is 1. The van der Waals surface area contributed by atoms with E-state index in [0.29, 0.717) is 33.6 Å². The van der Waals surface area contributed by atoms with Gasteiger partial charge in [0.15, 0.2) is 16.7 Å². The number of thioether (sulfide) groups is 1. The number of rotatable bonds is 7. The number of methoxy groups -OCH3 is 1. The first-order chi connectivity index (χ1) is 18.0. The summed E-state index contributed by atoms with van der Waals surface area (Å²) in [6.07, 6.45) is -0.0340. The number of fused-ring (bicyclic) bond motifs is 1. The predicted molar refractivity (Wildman–Crippen MR) is 139 cm³/mol. The van der Waals surface area contributed by atoms with Crippen LogP contribution in [0.15, 0.2) is 77.8 Å². The topological polar surface area (TPSA) is 107 Å². The van der Waals surface area contributed by atoms with Gasteiger partial charge in [0, 0.05) is 12.1 Å². The molecule has 2 amide bonds. The molecule has 0 bridgehead atoms. The van der Waals surface area contributed by atoms with Crippen LogP contribution in [0.1, 0.15) is 22.3 Å². The molecule has 188 valence electrons. The first-order valence-corrected chi connectivity index (χ1v) is 12.4. The molecule has 1 unspecified atom stereocenters. The summed E-state index contributed by atoms with van der Waals surface area (Å²) in [4.78, 5) is 44.1. The van der Waals surface area contributed by atoms with Crippen molar-refractivity contribution in [2.75, 3.05) is 19.2 Å². The van der Waals surface area contributed by atoms with Gasteiger partial charge in [0.1, 0.15) is 5.25 Å². The number of carbonyl (C=O) groups excluding carboxylic acids is 3. The van der Waals surface area contributed by atoms with E-state index in [0.717, 1.165) is 5.56 Å². The lowest BCUT2D eigenvalue weighted by Gasteiger charge is -2.17. The predicted octanol–water partition coefficient (Wildman–Crippen LogP) is 4.36. The third kappa shape index (κ3) is 5.59. The molecule has 0 spiro atoms. The van der Waals surface area contributed by atoms with E-state index in [4.69, 9.17) is 9.47 Å². The van der Waals surface area contributed by atoms with Crippen molar-refractivity contribution in [3.63, 3.8) is 0 Å². The number of amides is 2. The van der Waals surface area contributed by atoms with Crippen molar-refractivity contribution in [2.24, 2.45) is 4.99 Å². The number of amidine groups is 1.